The van der Waals surface area contributed by atoms with E-state index in [1.54, 1.807) is 6.92 Å². The minimum atomic E-state index is -0.904. The van der Waals surface area contributed by atoms with Crippen LogP contribution >= 0.6 is 15.9 Å². The van der Waals surface area contributed by atoms with Gasteiger partial charge < -0.3 is 10.4 Å². The van der Waals surface area contributed by atoms with Crippen LogP contribution in [-0.4, -0.2) is 22.5 Å². The molecular formula is C16H22BrNO3. The fourth-order valence-electron chi connectivity index (χ4n) is 2.04. The van der Waals surface area contributed by atoms with Gasteiger partial charge >= 0.3 is 5.97 Å². The highest BCUT2D eigenvalue weighted by atomic mass is 79.9. The summed E-state index contributed by atoms with van der Waals surface area (Å²) in [5.74, 6) is -0.977. The molecule has 1 aromatic rings. The van der Waals surface area contributed by atoms with E-state index in [4.69, 9.17) is 5.11 Å². The van der Waals surface area contributed by atoms with E-state index in [1.165, 1.54) is 0 Å². The predicted octanol–water partition coefficient (Wildman–Crippen LogP) is 3.39. The summed E-state index contributed by atoms with van der Waals surface area (Å²) in [6.07, 6.45) is 0.901. The van der Waals surface area contributed by atoms with Crippen LogP contribution in [0.15, 0.2) is 28.7 Å². The molecule has 5 heteroatoms. The van der Waals surface area contributed by atoms with Gasteiger partial charge in [0.15, 0.2) is 0 Å². The summed E-state index contributed by atoms with van der Waals surface area (Å²) in [5, 5.41) is 11.9. The van der Waals surface area contributed by atoms with E-state index in [1.807, 2.05) is 38.1 Å². The molecule has 0 saturated carbocycles. The van der Waals surface area contributed by atoms with E-state index in [9.17, 15) is 9.59 Å². The quantitative estimate of drug-likeness (QED) is 0.787. The molecule has 0 saturated heterocycles. The number of benzene rings is 1. The van der Waals surface area contributed by atoms with Gasteiger partial charge in [-0.05, 0) is 37.0 Å². The number of halogens is 1. The van der Waals surface area contributed by atoms with E-state index in [-0.39, 0.29) is 18.2 Å². The molecule has 0 fully saturated rings. The summed E-state index contributed by atoms with van der Waals surface area (Å²) in [6, 6.07) is 7.81. The van der Waals surface area contributed by atoms with Gasteiger partial charge in [-0.1, -0.05) is 41.9 Å². The van der Waals surface area contributed by atoms with Gasteiger partial charge in [0.05, 0.1) is 6.42 Å². The molecule has 1 amide bonds. The molecule has 4 nitrogen and oxygen atoms in total. The third-order valence-electron chi connectivity index (χ3n) is 3.75. The number of carbonyl (C=O) groups is 2. The monoisotopic (exact) mass is 355 g/mol. The molecule has 1 aromatic carbocycles. The van der Waals surface area contributed by atoms with Gasteiger partial charge in [-0.25, -0.2) is 0 Å². The fourth-order valence-corrected chi connectivity index (χ4v) is 2.48. The van der Waals surface area contributed by atoms with Crippen molar-refractivity contribution in [2.75, 3.05) is 0 Å². The summed E-state index contributed by atoms with van der Waals surface area (Å²) >= 11 is 3.40. The lowest BCUT2D eigenvalue weighted by Gasteiger charge is -2.33. The van der Waals surface area contributed by atoms with Crippen molar-refractivity contribution in [3.63, 3.8) is 0 Å². The maximum Gasteiger partial charge on any atom is 0.305 e. The highest BCUT2D eigenvalue weighted by Crippen LogP contribution is 2.21. The first-order valence-electron chi connectivity index (χ1n) is 7.00. The van der Waals surface area contributed by atoms with Crippen LogP contribution in [0.3, 0.4) is 0 Å². The minimum Gasteiger partial charge on any atom is -0.481 e. The van der Waals surface area contributed by atoms with Crippen LogP contribution in [0, 0.1) is 5.92 Å². The van der Waals surface area contributed by atoms with Crippen LogP contribution in [0.25, 0.3) is 0 Å². The number of hydrogen-bond donors (Lipinski definition) is 2. The molecule has 1 rings (SSSR count). The van der Waals surface area contributed by atoms with Gasteiger partial charge in [-0.3, -0.25) is 9.59 Å². The van der Waals surface area contributed by atoms with Gasteiger partial charge in [0, 0.05) is 16.4 Å². The Bertz CT molecular complexity index is 516. The van der Waals surface area contributed by atoms with E-state index in [0.717, 1.165) is 10.0 Å². The predicted molar refractivity (Wildman–Crippen MR) is 86.1 cm³/mol. The maximum atomic E-state index is 12.1. The topological polar surface area (TPSA) is 66.4 Å². The molecule has 0 aliphatic carbocycles. The Labute approximate surface area is 134 Å². The zero-order chi connectivity index (χ0) is 16.0. The SMILES string of the molecule is CC(C)C(C)(CC(=O)O)NC(=O)CCc1cccc(Br)c1. The van der Waals surface area contributed by atoms with Crippen molar-refractivity contribution >= 4 is 27.8 Å². The molecule has 21 heavy (non-hydrogen) atoms. The Balaban J connectivity index is 2.60. The number of carbonyl (C=O) groups excluding carboxylic acids is 1. The molecule has 0 aromatic heterocycles. The second-order valence-corrected chi connectivity index (χ2v) is 6.74. The average Bonchev–Trinajstić information content (AvgIpc) is 2.35. The van der Waals surface area contributed by atoms with Crippen LogP contribution in [-0.2, 0) is 16.0 Å². The van der Waals surface area contributed by atoms with Gasteiger partial charge in [0.2, 0.25) is 5.91 Å². The molecule has 0 radical (unpaired) electrons. The van der Waals surface area contributed by atoms with E-state index >= 15 is 0 Å². The Kier molecular flexibility index (Phi) is 6.40. The summed E-state index contributed by atoms with van der Waals surface area (Å²) < 4.78 is 0.985. The Morgan fingerprint density at radius 3 is 2.57 bits per heavy atom. The van der Waals surface area contributed by atoms with Crippen molar-refractivity contribution in [3.8, 4) is 0 Å². The molecule has 0 spiro atoms. The van der Waals surface area contributed by atoms with Crippen LogP contribution in [0.2, 0.25) is 0 Å². The van der Waals surface area contributed by atoms with E-state index < -0.39 is 11.5 Å². The fraction of sp³-hybridized carbons (Fsp3) is 0.500. The van der Waals surface area contributed by atoms with Crippen molar-refractivity contribution in [2.45, 2.75) is 45.6 Å². The zero-order valence-electron chi connectivity index (χ0n) is 12.6. The van der Waals surface area contributed by atoms with Crippen molar-refractivity contribution in [1.29, 1.82) is 0 Å². The number of nitrogens with one attached hydrogen (secondary N) is 1. The Hall–Kier alpha value is -1.36. The zero-order valence-corrected chi connectivity index (χ0v) is 14.2. The minimum absolute atomic E-state index is 0.0448. The molecule has 0 heterocycles. The van der Waals surface area contributed by atoms with Crippen molar-refractivity contribution in [3.05, 3.63) is 34.3 Å². The standard InChI is InChI=1S/C16H22BrNO3/c1-11(2)16(3,10-15(20)21)18-14(19)8-7-12-5-4-6-13(17)9-12/h4-6,9,11H,7-8,10H2,1-3H3,(H,18,19)(H,20,21). The molecular weight excluding hydrogens is 334 g/mol. The third-order valence-corrected chi connectivity index (χ3v) is 4.24. The maximum absolute atomic E-state index is 12.1. The van der Waals surface area contributed by atoms with Gasteiger partial charge in [-0.15, -0.1) is 0 Å². The number of hydrogen-bond acceptors (Lipinski definition) is 2. The molecule has 2 N–H and O–H groups in total. The smallest absolute Gasteiger partial charge is 0.305 e. The lowest BCUT2D eigenvalue weighted by molar-refractivity contribution is -0.139. The number of carboxylic acids is 1. The van der Waals surface area contributed by atoms with Crippen molar-refractivity contribution in [1.82, 2.24) is 5.32 Å². The van der Waals surface area contributed by atoms with Crippen molar-refractivity contribution < 1.29 is 14.7 Å². The first-order valence-corrected chi connectivity index (χ1v) is 7.79. The second-order valence-electron chi connectivity index (χ2n) is 5.82. The number of rotatable bonds is 7. The number of aliphatic carboxylic acids is 1. The third kappa shape index (κ3) is 5.87. The highest BCUT2D eigenvalue weighted by molar-refractivity contribution is 9.10. The number of carboxylic acid groups (broad SMARTS) is 1. The normalized spacial score (nSPS) is 13.8. The lowest BCUT2D eigenvalue weighted by Crippen LogP contribution is -2.51. The molecule has 0 bridgehead atoms. The van der Waals surface area contributed by atoms with E-state index in [2.05, 4.69) is 21.2 Å². The molecule has 1 atom stereocenters. The summed E-state index contributed by atoms with van der Waals surface area (Å²) in [5.41, 5.74) is 0.351. The summed E-state index contributed by atoms with van der Waals surface area (Å²) in [6.45, 7) is 5.61. The molecule has 0 aliphatic heterocycles. The lowest BCUT2D eigenvalue weighted by atomic mass is 9.85. The van der Waals surface area contributed by atoms with Gasteiger partial charge in [0.1, 0.15) is 0 Å². The average molecular weight is 356 g/mol. The first kappa shape index (κ1) is 17.7. The number of aryl methyl sites for hydroxylation is 1. The van der Waals surface area contributed by atoms with Crippen LogP contribution in [0.1, 0.15) is 39.2 Å². The first-order chi connectivity index (χ1) is 9.73. The van der Waals surface area contributed by atoms with Gasteiger partial charge in [0.25, 0.3) is 0 Å². The summed E-state index contributed by atoms with van der Waals surface area (Å²) in [4.78, 5) is 23.0. The van der Waals surface area contributed by atoms with Crippen LogP contribution in [0.5, 0.6) is 0 Å². The summed E-state index contributed by atoms with van der Waals surface area (Å²) in [7, 11) is 0. The second kappa shape index (κ2) is 7.59. The molecule has 1 unspecified atom stereocenters. The van der Waals surface area contributed by atoms with E-state index in [0.29, 0.717) is 12.8 Å². The Morgan fingerprint density at radius 2 is 2.05 bits per heavy atom. The Morgan fingerprint density at radius 1 is 1.38 bits per heavy atom. The van der Waals surface area contributed by atoms with Crippen LogP contribution in [0.4, 0.5) is 0 Å². The number of amides is 1. The molecule has 116 valence electrons. The molecule has 0 aliphatic rings. The van der Waals surface area contributed by atoms with Gasteiger partial charge in [-0.2, -0.15) is 0 Å². The van der Waals surface area contributed by atoms with Crippen LogP contribution < -0.4 is 5.32 Å². The largest absolute Gasteiger partial charge is 0.481 e. The van der Waals surface area contributed by atoms with Crippen molar-refractivity contribution in [2.24, 2.45) is 5.92 Å². The highest BCUT2D eigenvalue weighted by Gasteiger charge is 2.32.